The molecule has 100 valence electrons. The number of nitrogens with two attached hydrogens (primary N) is 1. The molecule has 1 heterocycles. The minimum absolute atomic E-state index is 0.00370. The molecule has 1 aromatic carbocycles. The monoisotopic (exact) mass is 256 g/mol. The zero-order valence-corrected chi connectivity index (χ0v) is 10.4. The second-order valence-corrected chi connectivity index (χ2v) is 4.57. The topological polar surface area (TPSA) is 38.5 Å². The number of alkyl halides is 2. The third-order valence-electron chi connectivity index (χ3n) is 3.41. The number of hydrogen-bond donors (Lipinski definition) is 1. The van der Waals surface area contributed by atoms with E-state index in [4.69, 9.17) is 10.5 Å². The van der Waals surface area contributed by atoms with Gasteiger partial charge >= 0.3 is 0 Å². The summed E-state index contributed by atoms with van der Waals surface area (Å²) >= 11 is 0. The van der Waals surface area contributed by atoms with Crippen molar-refractivity contribution in [3.05, 3.63) is 23.8 Å². The summed E-state index contributed by atoms with van der Waals surface area (Å²) in [5.74, 6) is 0. The Labute approximate surface area is 106 Å². The number of nitrogens with zero attached hydrogens (tertiary/aromatic N) is 1. The molecule has 2 rings (SSSR count). The van der Waals surface area contributed by atoms with Crippen LogP contribution >= 0.6 is 0 Å². The van der Waals surface area contributed by atoms with Gasteiger partial charge in [-0.15, -0.1) is 0 Å². The van der Waals surface area contributed by atoms with Crippen LogP contribution in [-0.2, 0) is 4.74 Å². The van der Waals surface area contributed by atoms with Crippen LogP contribution in [0.25, 0.3) is 0 Å². The van der Waals surface area contributed by atoms with E-state index in [-0.39, 0.29) is 11.6 Å². The average molecular weight is 256 g/mol. The summed E-state index contributed by atoms with van der Waals surface area (Å²) in [6.45, 7) is 1.38. The first-order valence-electron chi connectivity index (χ1n) is 6.07. The predicted molar refractivity (Wildman–Crippen MR) is 68.1 cm³/mol. The number of ether oxygens (including phenoxy) is 1. The van der Waals surface area contributed by atoms with Crippen LogP contribution in [-0.4, -0.2) is 26.3 Å². The first-order chi connectivity index (χ1) is 8.59. The van der Waals surface area contributed by atoms with Crippen molar-refractivity contribution in [3.8, 4) is 0 Å². The maximum absolute atomic E-state index is 13.0. The molecular formula is C13H18F2N2O. The van der Waals surface area contributed by atoms with Crippen molar-refractivity contribution in [2.24, 2.45) is 0 Å². The summed E-state index contributed by atoms with van der Waals surface area (Å²) in [6.07, 6.45) is -0.779. The van der Waals surface area contributed by atoms with Crippen molar-refractivity contribution in [3.63, 3.8) is 0 Å². The molecule has 0 atom stereocenters. The molecule has 1 fully saturated rings. The van der Waals surface area contributed by atoms with Gasteiger partial charge in [-0.2, -0.15) is 0 Å². The third-order valence-corrected chi connectivity index (χ3v) is 3.41. The quantitative estimate of drug-likeness (QED) is 0.845. The molecular weight excluding hydrogens is 238 g/mol. The molecule has 0 spiro atoms. The number of benzene rings is 1. The van der Waals surface area contributed by atoms with E-state index >= 15 is 0 Å². The SMILES string of the molecule is CN(c1ccc(N)cc1C(F)F)C1CCOCC1. The van der Waals surface area contributed by atoms with E-state index in [9.17, 15) is 8.78 Å². The van der Waals surface area contributed by atoms with E-state index in [0.717, 1.165) is 12.8 Å². The number of rotatable bonds is 3. The zero-order chi connectivity index (χ0) is 13.1. The molecule has 0 aromatic heterocycles. The molecule has 1 aromatic rings. The van der Waals surface area contributed by atoms with Crippen LogP contribution in [0, 0.1) is 0 Å². The normalized spacial score (nSPS) is 17.1. The number of nitrogen functional groups attached to an aromatic ring is 1. The minimum atomic E-state index is -2.51. The molecule has 1 aliphatic heterocycles. The van der Waals surface area contributed by atoms with E-state index in [0.29, 0.717) is 24.6 Å². The van der Waals surface area contributed by atoms with Crippen molar-refractivity contribution in [1.82, 2.24) is 0 Å². The number of anilines is 2. The molecule has 0 bridgehead atoms. The maximum Gasteiger partial charge on any atom is 0.265 e. The summed E-state index contributed by atoms with van der Waals surface area (Å²) in [7, 11) is 1.85. The lowest BCUT2D eigenvalue weighted by Crippen LogP contribution is -2.37. The lowest BCUT2D eigenvalue weighted by atomic mass is 10.0. The average Bonchev–Trinajstić information content (AvgIpc) is 2.39. The molecule has 0 aliphatic carbocycles. The summed E-state index contributed by atoms with van der Waals surface area (Å²) in [6, 6.07) is 4.94. The molecule has 0 amide bonds. The van der Waals surface area contributed by atoms with Gasteiger partial charge in [0.25, 0.3) is 6.43 Å². The molecule has 1 aliphatic rings. The van der Waals surface area contributed by atoms with Crippen molar-refractivity contribution < 1.29 is 13.5 Å². The van der Waals surface area contributed by atoms with Crippen LogP contribution in [0.2, 0.25) is 0 Å². The third kappa shape index (κ3) is 2.72. The van der Waals surface area contributed by atoms with Crippen LogP contribution in [0.5, 0.6) is 0 Å². The van der Waals surface area contributed by atoms with Crippen LogP contribution in [0.1, 0.15) is 24.8 Å². The van der Waals surface area contributed by atoms with E-state index in [2.05, 4.69) is 0 Å². The molecule has 2 N–H and O–H groups in total. The fourth-order valence-electron chi connectivity index (χ4n) is 2.34. The lowest BCUT2D eigenvalue weighted by Gasteiger charge is -2.34. The van der Waals surface area contributed by atoms with Gasteiger partial charge in [0.1, 0.15) is 0 Å². The predicted octanol–water partition coefficient (Wildman–Crippen LogP) is 2.82. The molecule has 0 saturated carbocycles. The highest BCUT2D eigenvalue weighted by atomic mass is 19.3. The Hall–Kier alpha value is -1.36. The first kappa shape index (κ1) is 13.1. The maximum atomic E-state index is 13.0. The molecule has 0 unspecified atom stereocenters. The Morgan fingerprint density at radius 1 is 1.33 bits per heavy atom. The number of halogens is 2. The largest absolute Gasteiger partial charge is 0.399 e. The first-order valence-corrected chi connectivity index (χ1v) is 6.07. The van der Waals surface area contributed by atoms with Crippen LogP contribution in [0.3, 0.4) is 0 Å². The van der Waals surface area contributed by atoms with Gasteiger partial charge in [0.15, 0.2) is 0 Å². The van der Waals surface area contributed by atoms with Gasteiger partial charge < -0.3 is 15.4 Å². The van der Waals surface area contributed by atoms with Gasteiger partial charge in [-0.25, -0.2) is 8.78 Å². The molecule has 5 heteroatoms. The molecule has 1 saturated heterocycles. The highest BCUT2D eigenvalue weighted by molar-refractivity contribution is 5.60. The van der Waals surface area contributed by atoms with Gasteiger partial charge in [-0.05, 0) is 31.0 Å². The van der Waals surface area contributed by atoms with Crippen LogP contribution in [0.15, 0.2) is 18.2 Å². The summed E-state index contributed by atoms with van der Waals surface area (Å²) in [5, 5.41) is 0. The lowest BCUT2D eigenvalue weighted by molar-refractivity contribution is 0.0852. The molecule has 0 radical (unpaired) electrons. The summed E-state index contributed by atoms with van der Waals surface area (Å²) < 4.78 is 31.3. The summed E-state index contributed by atoms with van der Waals surface area (Å²) in [5.41, 5.74) is 6.51. The Kier molecular flexibility index (Phi) is 4.01. The van der Waals surface area contributed by atoms with Gasteiger partial charge in [-0.3, -0.25) is 0 Å². The van der Waals surface area contributed by atoms with E-state index in [1.54, 1.807) is 12.1 Å². The second-order valence-electron chi connectivity index (χ2n) is 4.57. The zero-order valence-electron chi connectivity index (χ0n) is 10.4. The van der Waals surface area contributed by atoms with Gasteiger partial charge in [0.05, 0.1) is 0 Å². The Morgan fingerprint density at radius 3 is 2.61 bits per heavy atom. The van der Waals surface area contributed by atoms with Crippen molar-refractivity contribution in [2.75, 3.05) is 30.9 Å². The standard InChI is InChI=1S/C13H18F2N2O/c1-17(10-4-6-18-7-5-10)12-3-2-9(16)8-11(12)13(14)15/h2-3,8,10,13H,4-7,16H2,1H3. The highest BCUT2D eigenvalue weighted by Gasteiger charge is 2.23. The van der Waals surface area contributed by atoms with Crippen molar-refractivity contribution in [2.45, 2.75) is 25.3 Å². The second kappa shape index (κ2) is 5.52. The Morgan fingerprint density at radius 2 is 2.00 bits per heavy atom. The fraction of sp³-hybridized carbons (Fsp3) is 0.538. The van der Waals surface area contributed by atoms with Crippen LogP contribution in [0.4, 0.5) is 20.2 Å². The minimum Gasteiger partial charge on any atom is -0.399 e. The van der Waals surface area contributed by atoms with Gasteiger partial charge in [0.2, 0.25) is 0 Å². The van der Waals surface area contributed by atoms with Gasteiger partial charge in [-0.1, -0.05) is 0 Å². The smallest absolute Gasteiger partial charge is 0.265 e. The van der Waals surface area contributed by atoms with Crippen molar-refractivity contribution >= 4 is 11.4 Å². The van der Waals surface area contributed by atoms with E-state index in [1.807, 2.05) is 11.9 Å². The Bertz CT molecular complexity index is 406. The Balaban J connectivity index is 2.25. The molecule has 18 heavy (non-hydrogen) atoms. The fourth-order valence-corrected chi connectivity index (χ4v) is 2.34. The number of hydrogen-bond acceptors (Lipinski definition) is 3. The molecule has 3 nitrogen and oxygen atoms in total. The highest BCUT2D eigenvalue weighted by Crippen LogP contribution is 2.33. The summed E-state index contributed by atoms with van der Waals surface area (Å²) in [4.78, 5) is 1.92. The van der Waals surface area contributed by atoms with Gasteiger partial charge in [0, 0.05) is 43.2 Å². The van der Waals surface area contributed by atoms with E-state index in [1.165, 1.54) is 6.07 Å². The van der Waals surface area contributed by atoms with E-state index < -0.39 is 6.43 Å². The van der Waals surface area contributed by atoms with Crippen molar-refractivity contribution in [1.29, 1.82) is 0 Å². The van der Waals surface area contributed by atoms with Crippen LogP contribution < -0.4 is 10.6 Å².